The fourth-order valence-corrected chi connectivity index (χ4v) is 4.46. The van der Waals surface area contributed by atoms with Gasteiger partial charge in [-0.3, -0.25) is 4.90 Å². The maximum Gasteiger partial charge on any atom is 0.0594 e. The summed E-state index contributed by atoms with van der Waals surface area (Å²) in [5.74, 6) is 0. The smallest absolute Gasteiger partial charge is 0.0594 e. The van der Waals surface area contributed by atoms with E-state index in [0.29, 0.717) is 12.1 Å². The number of hydrogen-bond acceptors (Lipinski definition) is 4. The van der Waals surface area contributed by atoms with Crippen LogP contribution in [0, 0.1) is 0 Å². The van der Waals surface area contributed by atoms with E-state index >= 15 is 0 Å². The first kappa shape index (κ1) is 15.4. The highest BCUT2D eigenvalue weighted by molar-refractivity contribution is 9.10. The van der Waals surface area contributed by atoms with Crippen molar-refractivity contribution < 1.29 is 0 Å². The molecule has 0 spiro atoms. The Kier molecular flexibility index (Phi) is 5.43. The Hall–Kier alpha value is 0.0600. The van der Waals surface area contributed by atoms with Crippen LogP contribution in [0.4, 0.5) is 0 Å². The first-order valence-electron chi connectivity index (χ1n) is 6.93. The van der Waals surface area contributed by atoms with Crippen LogP contribution in [-0.4, -0.2) is 49.1 Å². The van der Waals surface area contributed by atoms with E-state index in [4.69, 9.17) is 5.73 Å². The third kappa shape index (κ3) is 3.58. The highest BCUT2D eigenvalue weighted by atomic mass is 79.9. The van der Waals surface area contributed by atoms with Crippen molar-refractivity contribution >= 4 is 27.3 Å². The third-order valence-electron chi connectivity index (χ3n) is 4.07. The fourth-order valence-electron chi connectivity index (χ4n) is 2.81. The second-order valence-corrected chi connectivity index (χ2v) is 7.44. The summed E-state index contributed by atoms with van der Waals surface area (Å²) >= 11 is 5.37. The number of rotatable bonds is 5. The van der Waals surface area contributed by atoms with Gasteiger partial charge >= 0.3 is 0 Å². The van der Waals surface area contributed by atoms with E-state index in [1.807, 2.05) is 11.3 Å². The summed E-state index contributed by atoms with van der Waals surface area (Å²) in [6.45, 7) is 4.46. The standard InChI is InChI=1S/C14H24BrN3S/c1-4-12(16)14(13-7-10(15)9-19-13)18-6-5-11(8-18)17(2)3/h7,9,11-12,14H,4-6,8,16H2,1-3H3. The minimum Gasteiger partial charge on any atom is -0.326 e. The van der Waals surface area contributed by atoms with Crippen LogP contribution in [-0.2, 0) is 0 Å². The average molecular weight is 346 g/mol. The lowest BCUT2D eigenvalue weighted by Gasteiger charge is -2.32. The van der Waals surface area contributed by atoms with Crippen LogP contribution in [0.15, 0.2) is 15.9 Å². The number of thiophene rings is 1. The van der Waals surface area contributed by atoms with Crippen LogP contribution < -0.4 is 5.73 Å². The summed E-state index contributed by atoms with van der Waals surface area (Å²) < 4.78 is 1.17. The van der Waals surface area contributed by atoms with Gasteiger partial charge in [0.2, 0.25) is 0 Å². The van der Waals surface area contributed by atoms with E-state index in [9.17, 15) is 0 Å². The number of nitrogens with two attached hydrogens (primary N) is 1. The van der Waals surface area contributed by atoms with E-state index in [0.717, 1.165) is 19.5 Å². The van der Waals surface area contributed by atoms with Crippen molar-refractivity contribution in [1.82, 2.24) is 9.80 Å². The largest absolute Gasteiger partial charge is 0.326 e. The zero-order valence-electron chi connectivity index (χ0n) is 12.0. The molecule has 1 aliphatic rings. The summed E-state index contributed by atoms with van der Waals surface area (Å²) in [6, 6.07) is 3.47. The van der Waals surface area contributed by atoms with E-state index in [1.54, 1.807) is 0 Å². The van der Waals surface area contributed by atoms with Crippen LogP contribution >= 0.6 is 27.3 Å². The minimum absolute atomic E-state index is 0.214. The molecule has 0 radical (unpaired) electrons. The van der Waals surface area contributed by atoms with Gasteiger partial charge in [-0.25, -0.2) is 0 Å². The van der Waals surface area contributed by atoms with Crippen molar-refractivity contribution in [2.24, 2.45) is 5.73 Å². The Morgan fingerprint density at radius 3 is 2.79 bits per heavy atom. The Labute approximate surface area is 128 Å². The van der Waals surface area contributed by atoms with Gasteiger partial charge in [0, 0.05) is 39.9 Å². The van der Waals surface area contributed by atoms with Crippen molar-refractivity contribution in [3.8, 4) is 0 Å². The van der Waals surface area contributed by atoms with Crippen LogP contribution in [0.5, 0.6) is 0 Å². The molecular formula is C14H24BrN3S. The molecule has 2 heterocycles. The van der Waals surface area contributed by atoms with Gasteiger partial charge in [0.1, 0.15) is 0 Å². The molecule has 2 N–H and O–H groups in total. The second-order valence-electron chi connectivity index (χ2n) is 5.59. The monoisotopic (exact) mass is 345 g/mol. The topological polar surface area (TPSA) is 32.5 Å². The Balaban J connectivity index is 2.15. The van der Waals surface area contributed by atoms with Crippen LogP contribution in [0.3, 0.4) is 0 Å². The summed E-state index contributed by atoms with van der Waals surface area (Å²) in [4.78, 5) is 6.29. The molecule has 1 fully saturated rings. The molecule has 1 aromatic heterocycles. The average Bonchev–Trinajstić information content (AvgIpc) is 2.99. The zero-order valence-corrected chi connectivity index (χ0v) is 14.4. The van der Waals surface area contributed by atoms with Crippen molar-refractivity contribution in [2.45, 2.75) is 37.9 Å². The quantitative estimate of drug-likeness (QED) is 0.890. The van der Waals surface area contributed by atoms with Gasteiger partial charge < -0.3 is 10.6 Å². The lowest BCUT2D eigenvalue weighted by atomic mass is 10.0. The number of likely N-dealkylation sites (N-methyl/N-ethyl adjacent to an activating group) is 1. The van der Waals surface area contributed by atoms with Crippen molar-refractivity contribution in [1.29, 1.82) is 0 Å². The summed E-state index contributed by atoms with van der Waals surface area (Å²) in [5.41, 5.74) is 6.40. The number of likely N-dealkylation sites (tertiary alicyclic amines) is 1. The first-order valence-corrected chi connectivity index (χ1v) is 8.60. The predicted octanol–water partition coefficient (Wildman–Crippen LogP) is 2.92. The van der Waals surface area contributed by atoms with Gasteiger partial charge in [0.15, 0.2) is 0 Å². The van der Waals surface area contributed by atoms with E-state index in [2.05, 4.69) is 58.2 Å². The van der Waals surface area contributed by atoms with Gasteiger partial charge in [-0.2, -0.15) is 0 Å². The van der Waals surface area contributed by atoms with Gasteiger partial charge in [-0.15, -0.1) is 11.3 Å². The van der Waals surface area contributed by atoms with E-state index in [1.165, 1.54) is 15.8 Å². The highest BCUT2D eigenvalue weighted by Crippen LogP contribution is 2.34. The van der Waals surface area contributed by atoms with E-state index < -0.39 is 0 Å². The van der Waals surface area contributed by atoms with Crippen molar-refractivity contribution in [3.63, 3.8) is 0 Å². The normalized spacial score (nSPS) is 24.0. The van der Waals surface area contributed by atoms with E-state index in [-0.39, 0.29) is 6.04 Å². The molecule has 1 aliphatic heterocycles. The predicted molar refractivity (Wildman–Crippen MR) is 86.7 cm³/mol. The van der Waals surface area contributed by atoms with Gasteiger partial charge in [0.05, 0.1) is 6.04 Å². The van der Waals surface area contributed by atoms with Crippen LogP contribution in [0.25, 0.3) is 0 Å². The molecule has 108 valence electrons. The van der Waals surface area contributed by atoms with Gasteiger partial charge in [-0.05, 0) is 48.9 Å². The molecule has 2 rings (SSSR count). The van der Waals surface area contributed by atoms with Crippen molar-refractivity contribution in [2.75, 3.05) is 27.2 Å². The number of nitrogens with zero attached hydrogens (tertiary/aromatic N) is 2. The molecule has 3 nitrogen and oxygen atoms in total. The maximum atomic E-state index is 6.40. The Bertz CT molecular complexity index is 407. The maximum absolute atomic E-state index is 6.40. The molecule has 3 atom stereocenters. The molecule has 0 aliphatic carbocycles. The summed E-state index contributed by atoms with van der Waals surface area (Å²) in [6.07, 6.45) is 2.26. The molecule has 0 saturated carbocycles. The Morgan fingerprint density at radius 2 is 2.32 bits per heavy atom. The highest BCUT2D eigenvalue weighted by Gasteiger charge is 2.33. The SMILES string of the molecule is CCC(N)C(c1cc(Br)cs1)N1CCC(N(C)C)C1. The molecular weight excluding hydrogens is 322 g/mol. The number of halogens is 1. The third-order valence-corrected chi connectivity index (χ3v) is 5.84. The minimum atomic E-state index is 0.214. The fraction of sp³-hybridized carbons (Fsp3) is 0.714. The summed E-state index contributed by atoms with van der Waals surface area (Å²) in [5, 5.41) is 2.16. The molecule has 0 aromatic carbocycles. The van der Waals surface area contributed by atoms with Crippen LogP contribution in [0.1, 0.15) is 30.7 Å². The first-order chi connectivity index (χ1) is 9.02. The molecule has 3 unspecified atom stereocenters. The van der Waals surface area contributed by atoms with Crippen molar-refractivity contribution in [3.05, 3.63) is 20.8 Å². The van der Waals surface area contributed by atoms with Gasteiger partial charge in [-0.1, -0.05) is 6.92 Å². The lowest BCUT2D eigenvalue weighted by molar-refractivity contribution is 0.192. The van der Waals surface area contributed by atoms with Gasteiger partial charge in [0.25, 0.3) is 0 Å². The lowest BCUT2D eigenvalue weighted by Crippen LogP contribution is -2.41. The molecule has 0 amide bonds. The number of hydrogen-bond donors (Lipinski definition) is 1. The molecule has 1 saturated heterocycles. The second kappa shape index (κ2) is 6.68. The zero-order chi connectivity index (χ0) is 14.0. The molecule has 5 heteroatoms. The molecule has 0 bridgehead atoms. The summed E-state index contributed by atoms with van der Waals surface area (Å²) in [7, 11) is 4.34. The van der Waals surface area contributed by atoms with Crippen LogP contribution in [0.2, 0.25) is 0 Å². The Morgan fingerprint density at radius 1 is 1.58 bits per heavy atom. The molecule has 1 aromatic rings. The molecule has 19 heavy (non-hydrogen) atoms.